The van der Waals surface area contributed by atoms with Crippen molar-refractivity contribution in [1.82, 2.24) is 0 Å². The fourth-order valence-electron chi connectivity index (χ4n) is 0.743. The summed E-state index contributed by atoms with van der Waals surface area (Å²) in [6, 6.07) is 0. The number of hydrogen-bond acceptors (Lipinski definition) is 3. The largest absolute Gasteiger partial charge is 0.394 e. The maximum atomic E-state index is 8.37. The molecule has 0 bridgehead atoms. The van der Waals surface area contributed by atoms with E-state index in [1.165, 1.54) is 37.7 Å². The third-order valence-corrected chi connectivity index (χ3v) is 2.13. The summed E-state index contributed by atoms with van der Waals surface area (Å²) in [6.45, 7) is 2.79. The molecular weight excluding hydrogens is 160 g/mol. The van der Waals surface area contributed by atoms with Crippen molar-refractivity contribution in [1.29, 1.82) is 0 Å². The molecule has 0 atom stereocenters. The van der Waals surface area contributed by atoms with Crippen LogP contribution in [-0.2, 0) is 4.18 Å². The summed E-state index contributed by atoms with van der Waals surface area (Å²) in [4.78, 5) is 0. The number of aliphatic hydroxyl groups excluding tert-OH is 1. The number of rotatable bonds is 8. The predicted molar refractivity (Wildman–Crippen MR) is 49.6 cm³/mol. The van der Waals surface area contributed by atoms with Gasteiger partial charge in [0.15, 0.2) is 0 Å². The molecule has 0 aliphatic carbocycles. The third kappa shape index (κ3) is 10.3. The molecule has 0 aromatic rings. The highest BCUT2D eigenvalue weighted by molar-refractivity contribution is 7.94. The molecule has 0 fully saturated rings. The molecule has 0 aliphatic rings. The van der Waals surface area contributed by atoms with Crippen LogP contribution in [0.1, 0.15) is 32.6 Å². The lowest BCUT2D eigenvalue weighted by atomic mass is 10.2. The van der Waals surface area contributed by atoms with Gasteiger partial charge in [-0.2, -0.15) is 0 Å². The molecule has 0 saturated heterocycles. The molecule has 0 radical (unpaired) electrons. The van der Waals surface area contributed by atoms with Gasteiger partial charge in [-0.3, -0.25) is 0 Å². The highest BCUT2D eigenvalue weighted by Crippen LogP contribution is 2.07. The van der Waals surface area contributed by atoms with Crippen molar-refractivity contribution in [3.8, 4) is 0 Å². The second-order valence-corrected chi connectivity index (χ2v) is 3.31. The zero-order chi connectivity index (χ0) is 8.36. The highest BCUT2D eigenvalue weighted by Gasteiger charge is 1.89. The van der Waals surface area contributed by atoms with E-state index in [4.69, 9.17) is 9.29 Å². The van der Waals surface area contributed by atoms with E-state index >= 15 is 0 Å². The lowest BCUT2D eigenvalue weighted by Gasteiger charge is -1.99. The van der Waals surface area contributed by atoms with E-state index in [1.54, 1.807) is 0 Å². The second kappa shape index (κ2) is 10.3. The van der Waals surface area contributed by atoms with E-state index in [0.29, 0.717) is 6.61 Å². The van der Waals surface area contributed by atoms with Crippen molar-refractivity contribution >= 4 is 12.0 Å². The van der Waals surface area contributed by atoms with Crippen LogP contribution in [0.4, 0.5) is 0 Å². The Labute approximate surface area is 73.5 Å². The number of hydrogen-bond donors (Lipinski definition) is 1. The van der Waals surface area contributed by atoms with Gasteiger partial charge in [0.25, 0.3) is 0 Å². The smallest absolute Gasteiger partial charge is 0.0845 e. The molecule has 0 heterocycles. The Kier molecular flexibility index (Phi) is 10.5. The molecule has 1 N–H and O–H groups in total. The maximum absolute atomic E-state index is 8.37. The quantitative estimate of drug-likeness (QED) is 0.456. The average molecular weight is 178 g/mol. The first-order valence-electron chi connectivity index (χ1n) is 4.27. The average Bonchev–Trinajstić information content (AvgIpc) is 2.03. The summed E-state index contributed by atoms with van der Waals surface area (Å²) in [7, 11) is 0. The maximum Gasteiger partial charge on any atom is 0.0845 e. The zero-order valence-electron chi connectivity index (χ0n) is 7.21. The second-order valence-electron chi connectivity index (χ2n) is 2.43. The first-order valence-corrected chi connectivity index (χ1v) is 5.18. The van der Waals surface area contributed by atoms with E-state index in [2.05, 4.69) is 6.92 Å². The summed E-state index contributed by atoms with van der Waals surface area (Å²) in [5, 5.41) is 8.37. The van der Waals surface area contributed by atoms with Crippen LogP contribution < -0.4 is 0 Å². The van der Waals surface area contributed by atoms with Crippen LogP contribution in [0.3, 0.4) is 0 Å². The summed E-state index contributed by atoms with van der Waals surface area (Å²) in [5.41, 5.74) is 0. The molecular formula is C8H18O2S. The molecule has 2 nitrogen and oxygen atoms in total. The van der Waals surface area contributed by atoms with Crippen molar-refractivity contribution in [2.75, 3.05) is 19.0 Å². The fourth-order valence-corrected chi connectivity index (χ4v) is 1.38. The van der Waals surface area contributed by atoms with Gasteiger partial charge in [-0.05, 0) is 18.5 Å². The van der Waals surface area contributed by atoms with Crippen LogP contribution in [0.2, 0.25) is 0 Å². The van der Waals surface area contributed by atoms with Crippen molar-refractivity contribution in [2.24, 2.45) is 0 Å². The molecule has 0 saturated carbocycles. The number of aliphatic hydroxyl groups is 1. The minimum absolute atomic E-state index is 0.127. The lowest BCUT2D eigenvalue weighted by molar-refractivity contribution is 0.221. The Hall–Kier alpha value is 0.270. The molecule has 68 valence electrons. The Morgan fingerprint density at radius 2 is 2.09 bits per heavy atom. The molecule has 0 spiro atoms. The molecule has 0 aromatic carbocycles. The monoisotopic (exact) mass is 178 g/mol. The Bertz CT molecular complexity index is 61.1. The summed E-state index contributed by atoms with van der Waals surface area (Å²) < 4.78 is 5.03. The predicted octanol–water partition coefficient (Wildman–Crippen LogP) is 2.22. The first-order chi connectivity index (χ1) is 5.41. The van der Waals surface area contributed by atoms with Gasteiger partial charge in [0.1, 0.15) is 0 Å². The van der Waals surface area contributed by atoms with E-state index < -0.39 is 0 Å². The minimum Gasteiger partial charge on any atom is -0.394 e. The van der Waals surface area contributed by atoms with Gasteiger partial charge in [-0.15, -0.1) is 0 Å². The number of unbranched alkanes of at least 4 members (excludes halogenated alkanes) is 3. The topological polar surface area (TPSA) is 29.5 Å². The molecule has 11 heavy (non-hydrogen) atoms. The van der Waals surface area contributed by atoms with Gasteiger partial charge in [-0.1, -0.05) is 26.2 Å². The normalized spacial score (nSPS) is 10.4. The summed E-state index contributed by atoms with van der Waals surface area (Å²) >= 11 is 1.47. The van der Waals surface area contributed by atoms with E-state index in [1.807, 2.05) is 0 Å². The lowest BCUT2D eigenvalue weighted by Crippen LogP contribution is -1.93. The van der Waals surface area contributed by atoms with Crippen molar-refractivity contribution in [2.45, 2.75) is 32.6 Å². The first kappa shape index (κ1) is 11.3. The summed E-state index contributed by atoms with van der Waals surface area (Å²) in [6.07, 6.45) is 5.12. The van der Waals surface area contributed by atoms with Crippen molar-refractivity contribution in [3.05, 3.63) is 0 Å². The molecule has 0 amide bonds. The molecule has 0 aliphatic heterocycles. The SMILES string of the molecule is CCCCCCSOCCO. The van der Waals surface area contributed by atoms with Crippen LogP contribution >= 0.6 is 12.0 Å². The molecule has 3 heteroatoms. The van der Waals surface area contributed by atoms with Crippen molar-refractivity contribution in [3.63, 3.8) is 0 Å². The Balaban J connectivity index is 2.69. The Morgan fingerprint density at radius 3 is 2.73 bits per heavy atom. The van der Waals surface area contributed by atoms with E-state index in [-0.39, 0.29) is 6.61 Å². The third-order valence-electron chi connectivity index (χ3n) is 1.34. The van der Waals surface area contributed by atoms with Gasteiger partial charge >= 0.3 is 0 Å². The van der Waals surface area contributed by atoms with Gasteiger partial charge in [0.05, 0.1) is 13.2 Å². The standard InChI is InChI=1S/C8H18O2S/c1-2-3-4-5-8-11-10-7-6-9/h9H,2-8H2,1H3. The minimum atomic E-state index is 0.127. The van der Waals surface area contributed by atoms with E-state index in [9.17, 15) is 0 Å². The molecule has 0 unspecified atom stereocenters. The van der Waals surface area contributed by atoms with Crippen LogP contribution in [0.15, 0.2) is 0 Å². The highest BCUT2D eigenvalue weighted by atomic mass is 32.2. The van der Waals surface area contributed by atoms with Gasteiger partial charge in [0, 0.05) is 5.75 Å². The van der Waals surface area contributed by atoms with Crippen LogP contribution in [0.25, 0.3) is 0 Å². The van der Waals surface area contributed by atoms with Crippen LogP contribution in [-0.4, -0.2) is 24.1 Å². The van der Waals surface area contributed by atoms with Crippen LogP contribution in [0.5, 0.6) is 0 Å². The van der Waals surface area contributed by atoms with Gasteiger partial charge in [-0.25, -0.2) is 0 Å². The fraction of sp³-hybridized carbons (Fsp3) is 1.00. The Morgan fingerprint density at radius 1 is 1.27 bits per heavy atom. The van der Waals surface area contributed by atoms with Gasteiger partial charge in [0.2, 0.25) is 0 Å². The zero-order valence-corrected chi connectivity index (χ0v) is 8.03. The molecule has 0 aromatic heterocycles. The summed E-state index contributed by atoms with van der Waals surface area (Å²) in [5.74, 6) is 1.06. The van der Waals surface area contributed by atoms with E-state index in [0.717, 1.165) is 5.75 Å². The van der Waals surface area contributed by atoms with Crippen molar-refractivity contribution < 1.29 is 9.29 Å². The molecule has 0 rings (SSSR count). The van der Waals surface area contributed by atoms with Crippen LogP contribution in [0, 0.1) is 0 Å². The van der Waals surface area contributed by atoms with Gasteiger partial charge < -0.3 is 9.29 Å².